The first kappa shape index (κ1) is 17.5. The Kier molecular flexibility index (Phi) is 6.04. The molecule has 1 heterocycles. The highest BCUT2D eigenvalue weighted by molar-refractivity contribution is 5.80. The third-order valence-electron chi connectivity index (χ3n) is 4.41. The van der Waals surface area contributed by atoms with E-state index < -0.39 is 0 Å². The summed E-state index contributed by atoms with van der Waals surface area (Å²) in [7, 11) is 0. The van der Waals surface area contributed by atoms with Crippen molar-refractivity contribution in [1.29, 1.82) is 0 Å². The lowest BCUT2D eigenvalue weighted by Crippen LogP contribution is -2.42. The van der Waals surface area contributed by atoms with Gasteiger partial charge in [0.2, 0.25) is 0 Å². The number of aromatic nitrogens is 2. The molecule has 6 heteroatoms. The zero-order valence-corrected chi connectivity index (χ0v) is 14.7. The minimum absolute atomic E-state index is 0.240. The summed E-state index contributed by atoms with van der Waals surface area (Å²) in [6.45, 7) is 3.62. The van der Waals surface area contributed by atoms with E-state index in [0.717, 1.165) is 30.3 Å². The van der Waals surface area contributed by atoms with Crippen LogP contribution in [0.1, 0.15) is 38.3 Å². The number of hydrogen-bond donors (Lipinski definition) is 2. The molecular formula is C19H26FN5. The molecule has 0 unspecified atom stereocenters. The second kappa shape index (κ2) is 8.65. The normalized spacial score (nSPS) is 15.5. The first-order valence-corrected chi connectivity index (χ1v) is 9.10. The van der Waals surface area contributed by atoms with Crippen LogP contribution < -0.4 is 10.6 Å². The summed E-state index contributed by atoms with van der Waals surface area (Å²) in [5, 5.41) is 11.4. The van der Waals surface area contributed by atoms with E-state index >= 15 is 0 Å². The summed E-state index contributed by atoms with van der Waals surface area (Å²) >= 11 is 0. The van der Waals surface area contributed by atoms with Crippen molar-refractivity contribution in [1.82, 2.24) is 20.4 Å². The fraction of sp³-hybridized carbons (Fsp3) is 0.474. The van der Waals surface area contributed by atoms with Crippen molar-refractivity contribution >= 4 is 5.96 Å². The fourth-order valence-electron chi connectivity index (χ4n) is 3.10. The molecule has 0 amide bonds. The minimum Gasteiger partial charge on any atom is -0.357 e. The summed E-state index contributed by atoms with van der Waals surface area (Å²) in [5.74, 6) is 0.656. The highest BCUT2D eigenvalue weighted by Gasteiger charge is 2.15. The van der Waals surface area contributed by atoms with E-state index in [4.69, 9.17) is 0 Å². The quantitative estimate of drug-likeness (QED) is 0.626. The van der Waals surface area contributed by atoms with Crippen LogP contribution >= 0.6 is 0 Å². The summed E-state index contributed by atoms with van der Waals surface area (Å²) < 4.78 is 14.8. The lowest BCUT2D eigenvalue weighted by Gasteiger charge is -2.16. The second-order valence-corrected chi connectivity index (χ2v) is 6.36. The minimum atomic E-state index is -0.240. The summed E-state index contributed by atoms with van der Waals surface area (Å²) in [5.41, 5.74) is 1.83. The van der Waals surface area contributed by atoms with Crippen molar-refractivity contribution in [3.8, 4) is 5.69 Å². The first-order valence-electron chi connectivity index (χ1n) is 9.10. The van der Waals surface area contributed by atoms with E-state index in [1.165, 1.54) is 37.8 Å². The Hall–Kier alpha value is -2.37. The predicted molar refractivity (Wildman–Crippen MR) is 98.6 cm³/mol. The second-order valence-electron chi connectivity index (χ2n) is 6.36. The van der Waals surface area contributed by atoms with Crippen LogP contribution in [0.4, 0.5) is 4.39 Å². The number of rotatable bonds is 6. The highest BCUT2D eigenvalue weighted by atomic mass is 19.1. The van der Waals surface area contributed by atoms with E-state index in [0.29, 0.717) is 12.6 Å². The summed E-state index contributed by atoms with van der Waals surface area (Å²) in [6.07, 6.45) is 7.73. The number of benzene rings is 1. The third-order valence-corrected chi connectivity index (χ3v) is 4.41. The molecule has 0 radical (unpaired) electrons. The molecule has 1 aromatic heterocycles. The van der Waals surface area contributed by atoms with Crippen LogP contribution in [-0.2, 0) is 6.42 Å². The fourth-order valence-corrected chi connectivity index (χ4v) is 3.10. The maximum atomic E-state index is 13.0. The first-order chi connectivity index (χ1) is 12.2. The molecule has 1 aromatic carbocycles. The van der Waals surface area contributed by atoms with Crippen LogP contribution in [-0.4, -0.2) is 34.9 Å². The maximum absolute atomic E-state index is 13.0. The molecule has 2 aromatic rings. The van der Waals surface area contributed by atoms with Gasteiger partial charge in [0, 0.05) is 31.7 Å². The molecule has 0 spiro atoms. The lowest BCUT2D eigenvalue weighted by atomic mass is 10.2. The Morgan fingerprint density at radius 3 is 2.72 bits per heavy atom. The van der Waals surface area contributed by atoms with E-state index in [-0.39, 0.29) is 5.82 Å². The number of aliphatic imine (C=N–C) groups is 1. The van der Waals surface area contributed by atoms with Crippen molar-refractivity contribution in [2.24, 2.45) is 4.99 Å². The Balaban J connectivity index is 1.55. The van der Waals surface area contributed by atoms with Gasteiger partial charge in [0.05, 0.1) is 11.4 Å². The van der Waals surface area contributed by atoms with Gasteiger partial charge >= 0.3 is 0 Å². The average Bonchev–Trinajstić information content (AvgIpc) is 3.28. The van der Waals surface area contributed by atoms with Crippen LogP contribution in [0, 0.1) is 5.82 Å². The zero-order valence-electron chi connectivity index (χ0n) is 14.7. The van der Waals surface area contributed by atoms with E-state index in [9.17, 15) is 4.39 Å². The SMILES string of the molecule is CCNC(=NCCc1ccn(-c2ccc(F)cc2)n1)NC1CCCC1. The van der Waals surface area contributed by atoms with Gasteiger partial charge in [-0.25, -0.2) is 9.07 Å². The van der Waals surface area contributed by atoms with Crippen molar-refractivity contribution in [2.75, 3.05) is 13.1 Å². The van der Waals surface area contributed by atoms with E-state index in [1.807, 2.05) is 12.3 Å². The average molecular weight is 343 g/mol. The number of nitrogens with one attached hydrogen (secondary N) is 2. The van der Waals surface area contributed by atoms with E-state index in [2.05, 4.69) is 27.6 Å². The maximum Gasteiger partial charge on any atom is 0.191 e. The van der Waals surface area contributed by atoms with Gasteiger partial charge in [0.15, 0.2) is 5.96 Å². The van der Waals surface area contributed by atoms with Crippen LogP contribution in [0.25, 0.3) is 5.69 Å². The number of hydrogen-bond acceptors (Lipinski definition) is 2. The van der Waals surface area contributed by atoms with Crippen LogP contribution in [0.5, 0.6) is 0 Å². The largest absolute Gasteiger partial charge is 0.357 e. The Labute approximate surface area is 148 Å². The topological polar surface area (TPSA) is 54.2 Å². The monoisotopic (exact) mass is 343 g/mol. The molecule has 2 N–H and O–H groups in total. The van der Waals surface area contributed by atoms with Gasteiger partial charge < -0.3 is 10.6 Å². The molecule has 0 bridgehead atoms. The predicted octanol–water partition coefficient (Wildman–Crippen LogP) is 3.05. The molecule has 1 aliphatic carbocycles. The number of halogens is 1. The summed E-state index contributed by atoms with van der Waals surface area (Å²) in [4.78, 5) is 4.66. The Morgan fingerprint density at radius 2 is 2.00 bits per heavy atom. The van der Waals surface area contributed by atoms with Gasteiger partial charge in [-0.3, -0.25) is 4.99 Å². The van der Waals surface area contributed by atoms with Crippen LogP contribution in [0.2, 0.25) is 0 Å². The molecule has 3 rings (SSSR count). The Bertz CT molecular complexity index is 686. The van der Waals surface area contributed by atoms with Crippen molar-refractivity contribution < 1.29 is 4.39 Å². The molecular weight excluding hydrogens is 317 g/mol. The number of guanidine groups is 1. The van der Waals surface area contributed by atoms with Gasteiger partial charge in [-0.2, -0.15) is 5.10 Å². The smallest absolute Gasteiger partial charge is 0.191 e. The van der Waals surface area contributed by atoms with Gasteiger partial charge in [0.1, 0.15) is 5.82 Å². The molecule has 0 saturated heterocycles. The molecule has 1 saturated carbocycles. The standard InChI is InChI=1S/C19H26FN5/c1-2-21-19(23-16-5-3-4-6-16)22-13-11-17-12-14-25(24-17)18-9-7-15(20)8-10-18/h7-10,12,14,16H,2-6,11,13H2,1H3,(H2,21,22,23). The van der Waals surface area contributed by atoms with Gasteiger partial charge in [-0.05, 0) is 50.1 Å². The zero-order chi connectivity index (χ0) is 17.5. The molecule has 1 aliphatic rings. The highest BCUT2D eigenvalue weighted by Crippen LogP contribution is 2.17. The Morgan fingerprint density at radius 1 is 1.24 bits per heavy atom. The van der Waals surface area contributed by atoms with Crippen LogP contribution in [0.3, 0.4) is 0 Å². The molecule has 5 nitrogen and oxygen atoms in total. The molecule has 0 atom stereocenters. The molecule has 134 valence electrons. The lowest BCUT2D eigenvalue weighted by molar-refractivity contribution is 0.613. The van der Waals surface area contributed by atoms with Crippen LogP contribution in [0.15, 0.2) is 41.5 Å². The number of nitrogens with zero attached hydrogens (tertiary/aromatic N) is 3. The van der Waals surface area contributed by atoms with Gasteiger partial charge in [-0.15, -0.1) is 0 Å². The summed E-state index contributed by atoms with van der Waals surface area (Å²) in [6, 6.07) is 8.86. The third kappa shape index (κ3) is 5.05. The van der Waals surface area contributed by atoms with Crippen molar-refractivity contribution in [2.45, 2.75) is 45.1 Å². The van der Waals surface area contributed by atoms with Crippen molar-refractivity contribution in [3.63, 3.8) is 0 Å². The van der Waals surface area contributed by atoms with Gasteiger partial charge in [0.25, 0.3) is 0 Å². The van der Waals surface area contributed by atoms with Gasteiger partial charge in [-0.1, -0.05) is 12.8 Å². The molecule has 1 fully saturated rings. The molecule has 25 heavy (non-hydrogen) atoms. The van der Waals surface area contributed by atoms with E-state index in [1.54, 1.807) is 16.8 Å². The molecule has 0 aliphatic heterocycles. The van der Waals surface area contributed by atoms with Crippen molar-refractivity contribution in [3.05, 3.63) is 48.0 Å².